The number of hydrogen-bond acceptors (Lipinski definition) is 3. The monoisotopic (exact) mass is 460 g/mol. The van der Waals surface area contributed by atoms with E-state index in [9.17, 15) is 0 Å². The van der Waals surface area contributed by atoms with Gasteiger partial charge in [-0.15, -0.1) is 0 Å². The summed E-state index contributed by atoms with van der Waals surface area (Å²) in [6, 6.07) is 0. The first kappa shape index (κ1) is 223. The van der Waals surface area contributed by atoms with Gasteiger partial charge in [0.05, 0.1) is 5.09 Å². The van der Waals surface area contributed by atoms with Crippen LogP contribution in [0.3, 0.4) is 0 Å². The van der Waals surface area contributed by atoms with Gasteiger partial charge in [0.15, 0.2) is 0 Å². The molecule has 0 aliphatic rings. The zero-order valence-electron chi connectivity index (χ0n) is 11.2. The van der Waals surface area contributed by atoms with Crippen LogP contribution in [0.4, 0.5) is 0 Å². The fourth-order valence-corrected chi connectivity index (χ4v) is 0. The summed E-state index contributed by atoms with van der Waals surface area (Å²) >= 11 is 0. The van der Waals surface area contributed by atoms with Crippen molar-refractivity contribution in [3.63, 3.8) is 0 Å². The minimum Gasteiger partial charge on any atom is -0.412 e. The van der Waals surface area contributed by atoms with E-state index in [1.165, 1.54) is 0 Å². The van der Waals surface area contributed by atoms with E-state index in [1.807, 2.05) is 0 Å². The van der Waals surface area contributed by atoms with E-state index < -0.39 is 5.09 Å². The average Bonchev–Trinajstić information content (AvgIpc) is 0.811. The van der Waals surface area contributed by atoms with Crippen LogP contribution in [0.5, 0.6) is 0 Å². The third-order valence-electron chi connectivity index (χ3n) is 0. The molecule has 0 aromatic rings. The second-order valence-corrected chi connectivity index (χ2v) is 0.224. The maximum atomic E-state index is 8.25. The van der Waals surface area contributed by atoms with Crippen molar-refractivity contribution in [2.45, 2.75) is 0 Å². The van der Waals surface area contributed by atoms with Gasteiger partial charge in [-0.3, -0.25) is 0 Å². The summed E-state index contributed by atoms with van der Waals surface area (Å²) in [4.78, 5) is 8.25. The maximum absolute atomic E-state index is 8.25. The van der Waals surface area contributed by atoms with Crippen LogP contribution in [0, 0.1) is 15.3 Å². The van der Waals surface area contributed by atoms with Crippen molar-refractivity contribution < 1.29 is 59.8 Å². The van der Waals surface area contributed by atoms with Gasteiger partial charge < -0.3 is 76.2 Å². The van der Waals surface area contributed by atoms with Gasteiger partial charge in [-0.25, -0.2) is 0 Å². The van der Waals surface area contributed by atoms with Crippen molar-refractivity contribution in [2.24, 2.45) is 0 Å². The summed E-state index contributed by atoms with van der Waals surface area (Å²) in [7, 11) is 0. The third kappa shape index (κ3) is 438. The molecule has 0 unspecified atom stereocenters. The molecule has 0 aromatic carbocycles. The minimum atomic E-state index is -1.75. The molecule has 15 nitrogen and oxygen atoms in total. The molecule has 0 aliphatic heterocycles. The molecule has 0 rings (SSSR count). The predicted molar refractivity (Wildman–Crippen MR) is 81.3 cm³/mol. The van der Waals surface area contributed by atoms with Gasteiger partial charge in [0.1, 0.15) is 0 Å². The molecule has 0 atom stereocenters. The number of nitrogens with zero attached hydrogens (tertiary/aromatic N) is 1. The van der Waals surface area contributed by atoms with Crippen LogP contribution in [-0.4, -0.2) is 249 Å². The molecule has 10 radical (unpaired) electrons. The fraction of sp³-hybridized carbons (Fsp3) is 0. The Bertz CT molecular complexity index is 47.7. The van der Waals surface area contributed by atoms with Crippen LogP contribution in [0.1, 0.15) is 0 Å². The van der Waals surface area contributed by atoms with E-state index in [0.717, 1.165) is 0 Å². The summed E-state index contributed by atoms with van der Waals surface area (Å²) in [6.07, 6.45) is 0. The summed E-state index contributed by atoms with van der Waals surface area (Å²) in [6.45, 7) is 0. The average molecular weight is 461 g/mol. The van der Waals surface area contributed by atoms with Crippen LogP contribution in [0.25, 0.3) is 0 Å². The van der Waals surface area contributed by atoms with Crippen molar-refractivity contribution in [1.82, 2.24) is 6.15 Å². The normalized spacial score (nSPS) is 1.20. The van der Waals surface area contributed by atoms with Crippen molar-refractivity contribution >= 4 is 189 Å². The summed E-state index contributed by atoms with van der Waals surface area (Å²) in [5.41, 5.74) is 0. The standard InChI is InChI=1S/5Ca.NO3.H3N.10H2O/c;;;;;2-1(3)4;;;;;;;;;;;/h;;;;;;1H3;10*1H2/q;;;;;-1;;;;;;;;;;;/p+1. The zero-order chi connectivity index (χ0) is 3.58. The predicted octanol–water partition coefficient (Wildman–Crippen LogP) is -10.0. The quantitative estimate of drug-likeness (QED) is 0.209. The largest absolute Gasteiger partial charge is 0.412 e. The second kappa shape index (κ2) is 197. The Kier molecular flexibility index (Phi) is 2200. The summed E-state index contributed by atoms with van der Waals surface area (Å²) in [5, 5.41) is 14.8. The van der Waals surface area contributed by atoms with Crippen LogP contribution in [0.2, 0.25) is 0 Å². The first-order valence-corrected chi connectivity index (χ1v) is 0.548. The number of hydrogen-bond donors (Lipinski definition) is 1. The Balaban J connectivity index is -0.000000000375. The molecule has 0 aromatic heterocycles. The molecular formula is H24Ca5N2O13. The Morgan fingerprint density at radius 1 is 0.450 bits per heavy atom. The van der Waals surface area contributed by atoms with Crippen molar-refractivity contribution in [3.05, 3.63) is 15.3 Å². The molecule has 122 valence electrons. The smallest absolute Gasteiger partial charge is 0.0689 e. The third-order valence-corrected chi connectivity index (χ3v) is 0. The SMILES string of the molecule is O.O.O.O.O.O.O.O.O.O.O=[N+]([O-])[O-].[Ca].[Ca].[Ca].[Ca].[Ca].[NH4+]. The molecule has 20 heteroatoms. The van der Waals surface area contributed by atoms with Crippen molar-refractivity contribution in [3.8, 4) is 0 Å². The Morgan fingerprint density at radius 2 is 0.450 bits per heavy atom. The molecule has 0 aliphatic carbocycles. The van der Waals surface area contributed by atoms with Crippen LogP contribution < -0.4 is 6.15 Å². The number of rotatable bonds is 0. The second-order valence-electron chi connectivity index (χ2n) is 0.224. The molecule has 0 spiro atoms. The van der Waals surface area contributed by atoms with E-state index in [1.54, 1.807) is 0 Å². The Labute approximate surface area is 263 Å². The molecular weight excluding hydrogens is 436 g/mol. The van der Waals surface area contributed by atoms with Gasteiger partial charge in [0.25, 0.3) is 0 Å². The van der Waals surface area contributed by atoms with E-state index >= 15 is 0 Å². The fourth-order valence-electron chi connectivity index (χ4n) is 0. The molecule has 0 saturated carbocycles. The molecule has 0 fully saturated rings. The van der Waals surface area contributed by atoms with E-state index in [4.69, 9.17) is 15.3 Å². The van der Waals surface area contributed by atoms with Crippen molar-refractivity contribution in [1.29, 1.82) is 0 Å². The molecule has 0 bridgehead atoms. The van der Waals surface area contributed by atoms with Crippen LogP contribution >= 0.6 is 0 Å². The summed E-state index contributed by atoms with van der Waals surface area (Å²) < 4.78 is 0. The van der Waals surface area contributed by atoms with E-state index in [0.29, 0.717) is 0 Å². The van der Waals surface area contributed by atoms with Crippen LogP contribution in [-0.2, 0) is 0 Å². The van der Waals surface area contributed by atoms with Crippen molar-refractivity contribution in [2.75, 3.05) is 0 Å². The molecule has 20 heavy (non-hydrogen) atoms. The first-order chi connectivity index (χ1) is 1.73. The Hall–Kier alpha value is 5.06. The Morgan fingerprint density at radius 3 is 0.450 bits per heavy atom. The van der Waals surface area contributed by atoms with E-state index in [-0.39, 0.29) is 250 Å². The van der Waals surface area contributed by atoms with Crippen LogP contribution in [0.15, 0.2) is 0 Å². The topological polar surface area (TPSA) is 418 Å². The summed E-state index contributed by atoms with van der Waals surface area (Å²) in [5.74, 6) is 0. The molecule has 0 saturated heterocycles. The van der Waals surface area contributed by atoms with Gasteiger partial charge in [-0.05, 0) is 0 Å². The maximum Gasteiger partial charge on any atom is 0.0689 e. The van der Waals surface area contributed by atoms with E-state index in [2.05, 4.69) is 0 Å². The molecule has 0 amide bonds. The van der Waals surface area contributed by atoms with Gasteiger partial charge in [0.2, 0.25) is 0 Å². The zero-order valence-corrected chi connectivity index (χ0v) is 22.2. The molecule has 24 N–H and O–H groups in total. The number of quaternary nitrogens is 1. The van der Waals surface area contributed by atoms with Gasteiger partial charge in [-0.1, -0.05) is 0 Å². The first-order valence-electron chi connectivity index (χ1n) is 0.548. The van der Waals surface area contributed by atoms with Gasteiger partial charge in [0, 0.05) is 189 Å². The van der Waals surface area contributed by atoms with Gasteiger partial charge >= 0.3 is 0 Å². The van der Waals surface area contributed by atoms with Gasteiger partial charge in [-0.2, -0.15) is 0 Å². The molecule has 0 heterocycles. The minimum absolute atomic E-state index is 0.